The summed E-state index contributed by atoms with van der Waals surface area (Å²) < 4.78 is 1.06. The Kier molecular flexibility index (Phi) is 3.83. The number of fused-ring (bicyclic) bond motifs is 1. The molecule has 1 heterocycles. The van der Waals surface area contributed by atoms with Gasteiger partial charge in [0.15, 0.2) is 0 Å². The van der Waals surface area contributed by atoms with Crippen molar-refractivity contribution in [2.45, 2.75) is 20.8 Å². The van der Waals surface area contributed by atoms with E-state index < -0.39 is 0 Å². The molecule has 2 aromatic carbocycles. The van der Waals surface area contributed by atoms with Crippen LogP contribution in [0.1, 0.15) is 22.3 Å². The Morgan fingerprint density at radius 1 is 1.09 bits per heavy atom. The summed E-state index contributed by atoms with van der Waals surface area (Å²) in [5, 5.41) is 3.38. The van der Waals surface area contributed by atoms with Crippen LogP contribution in [0.3, 0.4) is 0 Å². The zero-order valence-electron chi connectivity index (χ0n) is 12.4. The van der Waals surface area contributed by atoms with Crippen LogP contribution in [0.4, 0.5) is 11.4 Å². The maximum atomic E-state index is 12.3. The highest BCUT2D eigenvalue weighted by Gasteiger charge is 2.29. The molecule has 1 aliphatic heterocycles. The molecule has 1 aliphatic rings. The molecule has 5 heteroatoms. The van der Waals surface area contributed by atoms with Gasteiger partial charge >= 0.3 is 0 Å². The van der Waals surface area contributed by atoms with Crippen molar-refractivity contribution in [2.24, 2.45) is 4.99 Å². The Bertz CT molecular complexity index is 820. The fourth-order valence-electron chi connectivity index (χ4n) is 2.58. The lowest BCUT2D eigenvalue weighted by Crippen LogP contribution is -2.14. The molecule has 0 fully saturated rings. The molecule has 1 N–H and O–H groups in total. The van der Waals surface area contributed by atoms with Crippen molar-refractivity contribution in [1.29, 1.82) is 0 Å². The summed E-state index contributed by atoms with van der Waals surface area (Å²) in [7, 11) is 0. The maximum absolute atomic E-state index is 12.3. The molecule has 0 atom stereocenters. The van der Waals surface area contributed by atoms with Crippen LogP contribution in [-0.4, -0.2) is 11.6 Å². The Labute approximate surface area is 142 Å². The number of nitrogens with one attached hydrogen (secondary N) is 1. The van der Waals surface area contributed by atoms with Crippen molar-refractivity contribution < 1.29 is 4.79 Å². The van der Waals surface area contributed by atoms with Crippen LogP contribution in [0, 0.1) is 20.8 Å². The highest BCUT2D eigenvalue weighted by molar-refractivity contribution is 9.10. The zero-order valence-corrected chi connectivity index (χ0v) is 14.8. The summed E-state index contributed by atoms with van der Waals surface area (Å²) in [5.74, 6) is -0.218. The highest BCUT2D eigenvalue weighted by Crippen LogP contribution is 2.35. The van der Waals surface area contributed by atoms with Crippen LogP contribution in [0.2, 0.25) is 5.02 Å². The molecule has 0 saturated heterocycles. The first-order valence-corrected chi connectivity index (χ1v) is 8.02. The number of aliphatic imine (C=N–C) groups is 1. The van der Waals surface area contributed by atoms with Gasteiger partial charge in [-0.05, 0) is 55.7 Å². The van der Waals surface area contributed by atoms with Gasteiger partial charge in [-0.2, -0.15) is 0 Å². The number of amides is 1. The van der Waals surface area contributed by atoms with Crippen LogP contribution >= 0.6 is 27.5 Å². The normalized spacial score (nSPS) is 15.1. The number of benzene rings is 2. The highest BCUT2D eigenvalue weighted by atomic mass is 79.9. The standard InChI is InChI=1S/C17H14BrClN2O/c1-8-4-5-12(19)13-15(8)21-17(22)16(13)20-11-6-9(2)14(18)10(3)7-11/h4-7H,1-3H3,(H,20,21,22). The van der Waals surface area contributed by atoms with Gasteiger partial charge in [0, 0.05) is 10.0 Å². The van der Waals surface area contributed by atoms with Crippen LogP contribution in [0.15, 0.2) is 33.7 Å². The maximum Gasteiger partial charge on any atom is 0.275 e. The third-order valence-electron chi connectivity index (χ3n) is 3.72. The fourth-order valence-corrected chi connectivity index (χ4v) is 3.06. The number of carbonyl (C=O) groups is 1. The number of carbonyl (C=O) groups excluding carboxylic acids is 1. The second kappa shape index (κ2) is 5.52. The van der Waals surface area contributed by atoms with E-state index in [2.05, 4.69) is 26.2 Å². The predicted octanol–water partition coefficient (Wildman–Crippen LogP) is 5.10. The second-order valence-electron chi connectivity index (χ2n) is 5.42. The van der Waals surface area contributed by atoms with Crippen LogP contribution in [0.5, 0.6) is 0 Å². The van der Waals surface area contributed by atoms with Gasteiger partial charge in [-0.1, -0.05) is 33.6 Å². The number of aryl methyl sites for hydroxylation is 3. The number of rotatable bonds is 1. The Morgan fingerprint density at radius 2 is 1.73 bits per heavy atom. The molecule has 3 nitrogen and oxygen atoms in total. The molecule has 2 aromatic rings. The minimum Gasteiger partial charge on any atom is -0.320 e. The summed E-state index contributed by atoms with van der Waals surface area (Å²) in [6.07, 6.45) is 0. The van der Waals surface area contributed by atoms with E-state index in [1.165, 1.54) is 0 Å². The first-order valence-electron chi connectivity index (χ1n) is 6.84. The molecule has 0 aromatic heterocycles. The van der Waals surface area contributed by atoms with Gasteiger partial charge in [-0.15, -0.1) is 0 Å². The first-order chi connectivity index (χ1) is 10.4. The SMILES string of the molecule is Cc1cc(N=C2C(=O)Nc3c(C)ccc(Cl)c32)cc(C)c1Br. The van der Waals surface area contributed by atoms with E-state index >= 15 is 0 Å². The van der Waals surface area contributed by atoms with E-state index in [1.54, 1.807) is 6.07 Å². The molecular formula is C17H14BrClN2O. The molecule has 0 saturated carbocycles. The van der Waals surface area contributed by atoms with Crippen molar-refractivity contribution in [3.63, 3.8) is 0 Å². The molecule has 3 rings (SSSR count). The van der Waals surface area contributed by atoms with E-state index in [9.17, 15) is 4.79 Å². The van der Waals surface area contributed by atoms with Gasteiger partial charge < -0.3 is 5.32 Å². The number of nitrogens with zero attached hydrogens (tertiary/aromatic N) is 1. The topological polar surface area (TPSA) is 41.5 Å². The Morgan fingerprint density at radius 3 is 2.36 bits per heavy atom. The molecule has 0 spiro atoms. The first kappa shape index (κ1) is 15.3. The van der Waals surface area contributed by atoms with E-state index in [0.717, 1.165) is 32.5 Å². The van der Waals surface area contributed by atoms with E-state index in [-0.39, 0.29) is 5.91 Å². The fraction of sp³-hybridized carbons (Fsp3) is 0.176. The number of hydrogen-bond acceptors (Lipinski definition) is 2. The lowest BCUT2D eigenvalue weighted by atomic mass is 10.1. The Balaban J connectivity index is 2.19. The third kappa shape index (κ3) is 2.46. The minimum atomic E-state index is -0.218. The van der Waals surface area contributed by atoms with Gasteiger partial charge in [0.25, 0.3) is 5.91 Å². The molecule has 112 valence electrons. The zero-order chi connectivity index (χ0) is 16.0. The average molecular weight is 378 g/mol. The van der Waals surface area contributed by atoms with Crippen molar-refractivity contribution >= 4 is 50.5 Å². The molecular weight excluding hydrogens is 364 g/mol. The molecule has 1 amide bonds. The predicted molar refractivity (Wildman–Crippen MR) is 94.6 cm³/mol. The largest absolute Gasteiger partial charge is 0.320 e. The van der Waals surface area contributed by atoms with Gasteiger partial charge in [0.05, 0.1) is 16.4 Å². The summed E-state index contributed by atoms with van der Waals surface area (Å²) >= 11 is 9.81. The quantitative estimate of drug-likeness (QED) is 0.738. The van der Waals surface area contributed by atoms with Crippen molar-refractivity contribution in [3.05, 3.63) is 56.0 Å². The summed E-state index contributed by atoms with van der Waals surface area (Å²) in [6.45, 7) is 5.94. The number of hydrogen-bond donors (Lipinski definition) is 1. The Hall–Kier alpha value is -1.65. The summed E-state index contributed by atoms with van der Waals surface area (Å²) in [6, 6.07) is 7.57. The van der Waals surface area contributed by atoms with Crippen molar-refractivity contribution in [3.8, 4) is 0 Å². The third-order valence-corrected chi connectivity index (χ3v) is 5.28. The molecule has 22 heavy (non-hydrogen) atoms. The van der Waals surface area contributed by atoms with E-state index in [1.807, 2.05) is 39.0 Å². The number of halogens is 2. The molecule has 0 bridgehead atoms. The van der Waals surface area contributed by atoms with Gasteiger partial charge in [0.2, 0.25) is 0 Å². The smallest absolute Gasteiger partial charge is 0.275 e. The van der Waals surface area contributed by atoms with Gasteiger partial charge in [0.1, 0.15) is 5.71 Å². The van der Waals surface area contributed by atoms with Gasteiger partial charge in [-0.3, -0.25) is 4.79 Å². The lowest BCUT2D eigenvalue weighted by Gasteiger charge is -2.06. The van der Waals surface area contributed by atoms with Gasteiger partial charge in [-0.25, -0.2) is 4.99 Å². The summed E-state index contributed by atoms with van der Waals surface area (Å²) in [5.41, 5.74) is 5.67. The molecule has 0 radical (unpaired) electrons. The summed E-state index contributed by atoms with van der Waals surface area (Å²) in [4.78, 5) is 16.8. The van der Waals surface area contributed by atoms with Crippen LogP contribution in [-0.2, 0) is 4.79 Å². The number of anilines is 1. The van der Waals surface area contributed by atoms with Crippen molar-refractivity contribution in [1.82, 2.24) is 0 Å². The monoisotopic (exact) mass is 376 g/mol. The molecule has 0 unspecified atom stereocenters. The lowest BCUT2D eigenvalue weighted by molar-refractivity contribution is -0.110. The average Bonchev–Trinajstić information content (AvgIpc) is 2.79. The van der Waals surface area contributed by atoms with Crippen LogP contribution in [0.25, 0.3) is 0 Å². The second-order valence-corrected chi connectivity index (χ2v) is 6.62. The molecule has 0 aliphatic carbocycles. The van der Waals surface area contributed by atoms with Crippen molar-refractivity contribution in [2.75, 3.05) is 5.32 Å². The minimum absolute atomic E-state index is 0.218. The van der Waals surface area contributed by atoms with E-state index in [0.29, 0.717) is 16.3 Å². The van der Waals surface area contributed by atoms with Crippen LogP contribution < -0.4 is 5.32 Å². The van der Waals surface area contributed by atoms with E-state index in [4.69, 9.17) is 11.6 Å².